The van der Waals surface area contributed by atoms with Gasteiger partial charge in [0, 0.05) is 18.4 Å². The van der Waals surface area contributed by atoms with Crippen LogP contribution in [0.2, 0.25) is 0 Å². The van der Waals surface area contributed by atoms with Gasteiger partial charge in [0.1, 0.15) is 0 Å². The van der Waals surface area contributed by atoms with E-state index in [1.54, 1.807) is 25.2 Å². The van der Waals surface area contributed by atoms with E-state index in [0.29, 0.717) is 16.9 Å². The summed E-state index contributed by atoms with van der Waals surface area (Å²) >= 11 is 0. The molecule has 0 unspecified atom stereocenters. The largest absolute Gasteiger partial charge is 0.399 e. The molecule has 0 aliphatic heterocycles. The van der Waals surface area contributed by atoms with E-state index >= 15 is 0 Å². The SMILES string of the molecule is CNC(=O)c1ccc(N)cc1Nc1cccc(C)c1C. The van der Waals surface area contributed by atoms with Crippen LogP contribution in [0, 0.1) is 13.8 Å². The molecule has 0 saturated heterocycles. The fraction of sp³-hybridized carbons (Fsp3) is 0.188. The summed E-state index contributed by atoms with van der Waals surface area (Å²) in [6, 6.07) is 11.2. The Bertz CT molecular complexity index is 650. The number of rotatable bonds is 3. The van der Waals surface area contributed by atoms with Crippen molar-refractivity contribution < 1.29 is 4.79 Å². The number of benzene rings is 2. The molecule has 0 heterocycles. The van der Waals surface area contributed by atoms with Crippen LogP contribution in [-0.4, -0.2) is 13.0 Å². The Morgan fingerprint density at radius 2 is 1.85 bits per heavy atom. The van der Waals surface area contributed by atoms with E-state index < -0.39 is 0 Å². The predicted octanol–water partition coefficient (Wildman–Crippen LogP) is 2.99. The van der Waals surface area contributed by atoms with Gasteiger partial charge in [0.25, 0.3) is 5.91 Å². The molecule has 104 valence electrons. The average molecular weight is 269 g/mol. The number of nitrogens with one attached hydrogen (secondary N) is 2. The van der Waals surface area contributed by atoms with Crippen LogP contribution in [-0.2, 0) is 0 Å². The van der Waals surface area contributed by atoms with Crippen molar-refractivity contribution in [3.8, 4) is 0 Å². The molecule has 2 aromatic carbocycles. The van der Waals surface area contributed by atoms with Crippen molar-refractivity contribution in [2.45, 2.75) is 13.8 Å². The molecule has 2 rings (SSSR count). The standard InChI is InChI=1S/C16H19N3O/c1-10-5-4-6-14(11(10)2)19-15-9-12(17)7-8-13(15)16(20)18-3/h4-9,19H,17H2,1-3H3,(H,18,20). The van der Waals surface area contributed by atoms with Gasteiger partial charge in [-0.15, -0.1) is 0 Å². The minimum atomic E-state index is -0.141. The van der Waals surface area contributed by atoms with Crippen molar-refractivity contribution in [2.24, 2.45) is 0 Å². The molecule has 0 bridgehead atoms. The number of hydrogen-bond acceptors (Lipinski definition) is 3. The first-order valence-corrected chi connectivity index (χ1v) is 6.47. The number of anilines is 3. The smallest absolute Gasteiger partial charge is 0.253 e. The summed E-state index contributed by atoms with van der Waals surface area (Å²) in [5.74, 6) is -0.141. The minimum Gasteiger partial charge on any atom is -0.399 e. The second-order valence-electron chi connectivity index (χ2n) is 4.76. The molecular formula is C16H19N3O. The highest BCUT2D eigenvalue weighted by atomic mass is 16.1. The van der Waals surface area contributed by atoms with Crippen LogP contribution in [0.15, 0.2) is 36.4 Å². The van der Waals surface area contributed by atoms with Crippen LogP contribution < -0.4 is 16.4 Å². The van der Waals surface area contributed by atoms with Gasteiger partial charge in [-0.05, 0) is 49.2 Å². The summed E-state index contributed by atoms with van der Waals surface area (Å²) in [6.07, 6.45) is 0. The molecule has 4 N–H and O–H groups in total. The van der Waals surface area contributed by atoms with E-state index in [9.17, 15) is 4.79 Å². The van der Waals surface area contributed by atoms with Crippen molar-refractivity contribution in [2.75, 3.05) is 18.1 Å². The average Bonchev–Trinajstić information content (AvgIpc) is 2.43. The lowest BCUT2D eigenvalue weighted by atomic mass is 10.1. The first kappa shape index (κ1) is 13.9. The molecule has 0 saturated carbocycles. The Kier molecular flexibility index (Phi) is 3.94. The third-order valence-corrected chi connectivity index (χ3v) is 3.39. The molecule has 4 nitrogen and oxygen atoms in total. The minimum absolute atomic E-state index is 0.141. The first-order valence-electron chi connectivity index (χ1n) is 6.47. The third kappa shape index (κ3) is 2.74. The van der Waals surface area contributed by atoms with Gasteiger partial charge < -0.3 is 16.4 Å². The molecule has 1 amide bonds. The van der Waals surface area contributed by atoms with Crippen LogP contribution in [0.5, 0.6) is 0 Å². The van der Waals surface area contributed by atoms with Gasteiger partial charge in [-0.2, -0.15) is 0 Å². The summed E-state index contributed by atoms with van der Waals surface area (Å²) in [7, 11) is 1.61. The molecule has 2 aromatic rings. The molecule has 0 atom stereocenters. The van der Waals surface area contributed by atoms with Crippen LogP contribution >= 0.6 is 0 Å². The first-order chi connectivity index (χ1) is 9.52. The van der Waals surface area contributed by atoms with Gasteiger partial charge in [-0.3, -0.25) is 4.79 Å². The fourth-order valence-electron chi connectivity index (χ4n) is 2.03. The summed E-state index contributed by atoms with van der Waals surface area (Å²) in [6.45, 7) is 4.10. The molecule has 0 spiro atoms. The lowest BCUT2D eigenvalue weighted by molar-refractivity contribution is 0.0964. The van der Waals surface area contributed by atoms with Crippen molar-refractivity contribution in [1.29, 1.82) is 0 Å². The molecule has 0 radical (unpaired) electrons. The summed E-state index contributed by atoms with van der Waals surface area (Å²) in [5, 5.41) is 5.93. The van der Waals surface area contributed by atoms with Crippen LogP contribution in [0.4, 0.5) is 17.1 Å². The van der Waals surface area contributed by atoms with Gasteiger partial charge in [0.15, 0.2) is 0 Å². The van der Waals surface area contributed by atoms with E-state index in [4.69, 9.17) is 5.73 Å². The predicted molar refractivity (Wildman–Crippen MR) is 83.4 cm³/mol. The maximum absolute atomic E-state index is 11.9. The van der Waals surface area contributed by atoms with E-state index in [2.05, 4.69) is 23.6 Å². The Hall–Kier alpha value is -2.49. The zero-order valence-electron chi connectivity index (χ0n) is 11.9. The number of nitrogen functional groups attached to an aromatic ring is 1. The zero-order chi connectivity index (χ0) is 14.7. The number of hydrogen-bond donors (Lipinski definition) is 3. The number of nitrogens with two attached hydrogens (primary N) is 1. The normalized spacial score (nSPS) is 10.2. The lowest BCUT2D eigenvalue weighted by Crippen LogP contribution is -2.19. The number of carbonyl (C=O) groups excluding carboxylic acids is 1. The second-order valence-corrected chi connectivity index (χ2v) is 4.76. The highest BCUT2D eigenvalue weighted by molar-refractivity contribution is 6.00. The van der Waals surface area contributed by atoms with Gasteiger partial charge in [0.05, 0.1) is 11.3 Å². The van der Waals surface area contributed by atoms with E-state index in [1.807, 2.05) is 19.1 Å². The zero-order valence-corrected chi connectivity index (χ0v) is 11.9. The van der Waals surface area contributed by atoms with Crippen LogP contribution in [0.25, 0.3) is 0 Å². The molecule has 0 aromatic heterocycles. The maximum atomic E-state index is 11.9. The Morgan fingerprint density at radius 1 is 1.10 bits per heavy atom. The van der Waals surface area contributed by atoms with Crippen molar-refractivity contribution in [3.05, 3.63) is 53.1 Å². The Morgan fingerprint density at radius 3 is 2.55 bits per heavy atom. The molecule has 0 aliphatic carbocycles. The van der Waals surface area contributed by atoms with E-state index in [0.717, 1.165) is 11.3 Å². The highest BCUT2D eigenvalue weighted by Gasteiger charge is 2.11. The fourth-order valence-corrected chi connectivity index (χ4v) is 2.03. The Labute approximate surface area is 119 Å². The summed E-state index contributed by atoms with van der Waals surface area (Å²) in [4.78, 5) is 11.9. The Balaban J connectivity index is 2.44. The highest BCUT2D eigenvalue weighted by Crippen LogP contribution is 2.26. The monoisotopic (exact) mass is 269 g/mol. The van der Waals surface area contributed by atoms with Crippen LogP contribution in [0.3, 0.4) is 0 Å². The van der Waals surface area contributed by atoms with Crippen molar-refractivity contribution in [3.63, 3.8) is 0 Å². The second kappa shape index (κ2) is 5.65. The molecule has 0 fully saturated rings. The lowest BCUT2D eigenvalue weighted by Gasteiger charge is -2.15. The van der Waals surface area contributed by atoms with Gasteiger partial charge >= 0.3 is 0 Å². The van der Waals surface area contributed by atoms with Crippen molar-refractivity contribution >= 4 is 23.0 Å². The number of carbonyl (C=O) groups is 1. The van der Waals surface area contributed by atoms with Gasteiger partial charge in [0.2, 0.25) is 0 Å². The van der Waals surface area contributed by atoms with Crippen LogP contribution in [0.1, 0.15) is 21.5 Å². The number of aryl methyl sites for hydroxylation is 1. The molecular weight excluding hydrogens is 250 g/mol. The van der Waals surface area contributed by atoms with E-state index in [1.165, 1.54) is 5.56 Å². The van der Waals surface area contributed by atoms with Crippen molar-refractivity contribution in [1.82, 2.24) is 5.32 Å². The van der Waals surface area contributed by atoms with E-state index in [-0.39, 0.29) is 5.91 Å². The third-order valence-electron chi connectivity index (χ3n) is 3.39. The summed E-state index contributed by atoms with van der Waals surface area (Å²) in [5.41, 5.74) is 11.0. The molecule has 20 heavy (non-hydrogen) atoms. The molecule has 0 aliphatic rings. The number of amides is 1. The molecule has 4 heteroatoms. The van der Waals surface area contributed by atoms with Gasteiger partial charge in [-0.25, -0.2) is 0 Å². The topological polar surface area (TPSA) is 67.2 Å². The quantitative estimate of drug-likeness (QED) is 0.750. The summed E-state index contributed by atoms with van der Waals surface area (Å²) < 4.78 is 0. The maximum Gasteiger partial charge on any atom is 0.253 e. The van der Waals surface area contributed by atoms with Gasteiger partial charge in [-0.1, -0.05) is 12.1 Å².